The number of amides is 1. The summed E-state index contributed by atoms with van der Waals surface area (Å²) in [4.78, 5) is 12.2. The van der Waals surface area contributed by atoms with Gasteiger partial charge in [-0.25, -0.2) is 0 Å². The normalized spacial score (nSPS) is 10.4. The van der Waals surface area contributed by atoms with E-state index in [9.17, 15) is 4.79 Å². The number of benzene rings is 2. The quantitative estimate of drug-likeness (QED) is 0.681. The summed E-state index contributed by atoms with van der Waals surface area (Å²) < 4.78 is 10.8. The molecule has 0 aromatic heterocycles. The van der Waals surface area contributed by atoms with Crippen molar-refractivity contribution in [3.8, 4) is 5.75 Å². The van der Waals surface area contributed by atoms with Crippen molar-refractivity contribution in [2.45, 2.75) is 20.8 Å². The van der Waals surface area contributed by atoms with E-state index < -0.39 is 0 Å². The second-order valence-corrected chi connectivity index (χ2v) is 5.74. The third-order valence-electron chi connectivity index (χ3n) is 3.73. The molecule has 0 atom stereocenters. The third kappa shape index (κ3) is 6.12. The van der Waals surface area contributed by atoms with Crippen LogP contribution >= 0.6 is 0 Å². The first-order valence-corrected chi connectivity index (χ1v) is 8.50. The van der Waals surface area contributed by atoms with E-state index in [1.54, 1.807) is 0 Å². The van der Waals surface area contributed by atoms with Gasteiger partial charge in [-0.15, -0.1) is 0 Å². The number of ether oxygens (including phenoxy) is 2. The first-order valence-electron chi connectivity index (χ1n) is 8.50. The summed E-state index contributed by atoms with van der Waals surface area (Å²) in [5, 5.41) is 6.08. The Bertz CT molecular complexity index is 681. The molecule has 0 unspecified atom stereocenters. The molecule has 5 nitrogen and oxygen atoms in total. The van der Waals surface area contributed by atoms with Gasteiger partial charge in [-0.05, 0) is 44.0 Å². The number of rotatable bonds is 9. The highest BCUT2D eigenvalue weighted by Crippen LogP contribution is 2.20. The maximum absolute atomic E-state index is 12.2. The SMILES string of the molecule is CCOCCOc1cccc(NC(=O)CNc2c(C)cccc2C)c1. The summed E-state index contributed by atoms with van der Waals surface area (Å²) in [6.45, 7) is 7.91. The van der Waals surface area contributed by atoms with Crippen molar-refractivity contribution >= 4 is 17.3 Å². The molecule has 0 bridgehead atoms. The molecular weight excluding hydrogens is 316 g/mol. The lowest BCUT2D eigenvalue weighted by molar-refractivity contribution is -0.114. The number of anilines is 2. The van der Waals surface area contributed by atoms with Crippen molar-refractivity contribution in [3.63, 3.8) is 0 Å². The van der Waals surface area contributed by atoms with Crippen molar-refractivity contribution in [2.24, 2.45) is 0 Å². The molecule has 0 fully saturated rings. The zero-order chi connectivity index (χ0) is 18.1. The summed E-state index contributed by atoms with van der Waals surface area (Å²) in [5.74, 6) is 0.606. The van der Waals surface area contributed by atoms with Gasteiger partial charge >= 0.3 is 0 Å². The standard InChI is InChI=1S/C20H26N2O3/c1-4-24-11-12-25-18-10-6-9-17(13-18)22-19(23)14-21-20-15(2)7-5-8-16(20)3/h5-10,13,21H,4,11-12,14H2,1-3H3,(H,22,23). The zero-order valence-corrected chi connectivity index (χ0v) is 15.1. The lowest BCUT2D eigenvalue weighted by Gasteiger charge is -2.13. The molecule has 134 valence electrons. The maximum Gasteiger partial charge on any atom is 0.243 e. The van der Waals surface area contributed by atoms with Crippen LogP contribution in [0.2, 0.25) is 0 Å². The Hall–Kier alpha value is -2.53. The number of para-hydroxylation sites is 1. The largest absolute Gasteiger partial charge is 0.491 e. The Morgan fingerprint density at radius 2 is 1.76 bits per heavy atom. The minimum absolute atomic E-state index is 0.103. The molecule has 0 spiro atoms. The fourth-order valence-corrected chi connectivity index (χ4v) is 2.49. The highest BCUT2D eigenvalue weighted by molar-refractivity contribution is 5.94. The van der Waals surface area contributed by atoms with E-state index in [4.69, 9.17) is 9.47 Å². The predicted molar refractivity (Wildman–Crippen MR) is 101 cm³/mol. The van der Waals surface area contributed by atoms with E-state index in [1.807, 2.05) is 63.2 Å². The molecule has 2 N–H and O–H groups in total. The summed E-state index contributed by atoms with van der Waals surface area (Å²) >= 11 is 0. The first-order chi connectivity index (χ1) is 12.1. The van der Waals surface area contributed by atoms with Gasteiger partial charge in [-0.2, -0.15) is 0 Å². The van der Waals surface area contributed by atoms with Gasteiger partial charge in [-0.3, -0.25) is 4.79 Å². The lowest BCUT2D eigenvalue weighted by Crippen LogP contribution is -2.22. The molecular formula is C20H26N2O3. The van der Waals surface area contributed by atoms with Crippen LogP contribution in [0, 0.1) is 13.8 Å². The fraction of sp³-hybridized carbons (Fsp3) is 0.350. The molecule has 0 aliphatic carbocycles. The van der Waals surface area contributed by atoms with Crippen molar-refractivity contribution in [1.82, 2.24) is 0 Å². The minimum atomic E-state index is -0.103. The molecule has 2 aromatic rings. The molecule has 2 rings (SSSR count). The number of hydrogen-bond donors (Lipinski definition) is 2. The van der Waals surface area contributed by atoms with Crippen molar-refractivity contribution in [1.29, 1.82) is 0 Å². The van der Waals surface area contributed by atoms with Gasteiger partial charge < -0.3 is 20.1 Å². The minimum Gasteiger partial charge on any atom is -0.491 e. The maximum atomic E-state index is 12.2. The Morgan fingerprint density at radius 1 is 1.04 bits per heavy atom. The van der Waals surface area contributed by atoms with E-state index >= 15 is 0 Å². The second kappa shape index (κ2) is 9.69. The van der Waals surface area contributed by atoms with Crippen molar-refractivity contribution < 1.29 is 14.3 Å². The van der Waals surface area contributed by atoms with Gasteiger partial charge in [0.25, 0.3) is 0 Å². The third-order valence-corrected chi connectivity index (χ3v) is 3.73. The van der Waals surface area contributed by atoms with Gasteiger partial charge in [0.05, 0.1) is 13.2 Å². The van der Waals surface area contributed by atoms with Gasteiger partial charge in [0.1, 0.15) is 12.4 Å². The monoisotopic (exact) mass is 342 g/mol. The highest BCUT2D eigenvalue weighted by Gasteiger charge is 2.06. The first kappa shape index (κ1) is 18.8. The predicted octanol–water partition coefficient (Wildman–Crippen LogP) is 3.77. The topological polar surface area (TPSA) is 59.6 Å². The molecule has 0 heterocycles. The van der Waals surface area contributed by atoms with Gasteiger partial charge in [0, 0.05) is 24.0 Å². The number of carbonyl (C=O) groups excluding carboxylic acids is 1. The number of hydrogen-bond acceptors (Lipinski definition) is 4. The van der Waals surface area contributed by atoms with Crippen LogP contribution in [0.1, 0.15) is 18.1 Å². The van der Waals surface area contributed by atoms with Crippen molar-refractivity contribution in [3.05, 3.63) is 53.6 Å². The van der Waals surface area contributed by atoms with E-state index in [1.165, 1.54) is 0 Å². The van der Waals surface area contributed by atoms with Crippen LogP contribution in [0.4, 0.5) is 11.4 Å². The molecule has 5 heteroatoms. The Morgan fingerprint density at radius 3 is 2.48 bits per heavy atom. The van der Waals surface area contributed by atoms with E-state index in [0.717, 1.165) is 16.8 Å². The molecule has 0 saturated carbocycles. The van der Waals surface area contributed by atoms with Crippen molar-refractivity contribution in [2.75, 3.05) is 37.0 Å². The van der Waals surface area contributed by atoms with Crippen LogP contribution in [-0.4, -0.2) is 32.3 Å². The summed E-state index contributed by atoms with van der Waals surface area (Å²) in [7, 11) is 0. The number of nitrogens with one attached hydrogen (secondary N) is 2. The lowest BCUT2D eigenvalue weighted by atomic mass is 10.1. The van der Waals surface area contributed by atoms with Crippen LogP contribution in [0.5, 0.6) is 5.75 Å². The van der Waals surface area contributed by atoms with Crippen LogP contribution in [0.25, 0.3) is 0 Å². The molecule has 0 aliphatic heterocycles. The average molecular weight is 342 g/mol. The summed E-state index contributed by atoms with van der Waals surface area (Å²) in [6.07, 6.45) is 0. The number of carbonyl (C=O) groups is 1. The Labute approximate surface area is 149 Å². The van der Waals surface area contributed by atoms with E-state index in [2.05, 4.69) is 10.6 Å². The number of aryl methyl sites for hydroxylation is 2. The molecule has 2 aromatic carbocycles. The highest BCUT2D eigenvalue weighted by atomic mass is 16.5. The van der Waals surface area contributed by atoms with E-state index in [0.29, 0.717) is 31.3 Å². The molecule has 1 amide bonds. The van der Waals surface area contributed by atoms with E-state index in [-0.39, 0.29) is 12.5 Å². The van der Waals surface area contributed by atoms with Gasteiger partial charge in [-0.1, -0.05) is 24.3 Å². The molecule has 25 heavy (non-hydrogen) atoms. The average Bonchev–Trinajstić information content (AvgIpc) is 2.59. The van der Waals surface area contributed by atoms with Crippen LogP contribution in [0.3, 0.4) is 0 Å². The zero-order valence-electron chi connectivity index (χ0n) is 15.1. The second-order valence-electron chi connectivity index (χ2n) is 5.74. The molecule has 0 radical (unpaired) electrons. The summed E-state index contributed by atoms with van der Waals surface area (Å²) in [5.41, 5.74) is 3.96. The Balaban J connectivity index is 1.86. The molecule has 0 saturated heterocycles. The van der Waals surface area contributed by atoms with Crippen LogP contribution < -0.4 is 15.4 Å². The fourth-order valence-electron chi connectivity index (χ4n) is 2.49. The molecule has 0 aliphatic rings. The van der Waals surface area contributed by atoms with Crippen LogP contribution in [-0.2, 0) is 9.53 Å². The Kier molecular flexibility index (Phi) is 7.29. The van der Waals surface area contributed by atoms with Crippen LogP contribution in [0.15, 0.2) is 42.5 Å². The summed E-state index contributed by atoms with van der Waals surface area (Å²) in [6, 6.07) is 13.4. The van der Waals surface area contributed by atoms with Gasteiger partial charge in [0.2, 0.25) is 5.91 Å². The van der Waals surface area contributed by atoms with Gasteiger partial charge in [0.15, 0.2) is 0 Å². The smallest absolute Gasteiger partial charge is 0.243 e.